The minimum absolute atomic E-state index is 0.0242. The summed E-state index contributed by atoms with van der Waals surface area (Å²) in [6.07, 6.45) is -25.7. The molecule has 0 atom stereocenters. The highest BCUT2D eigenvalue weighted by molar-refractivity contribution is 6.11. The molecule has 0 fully saturated rings. The standard InChI is InChI=1S/C56H29F15N4/c57-52(58,59)37-13-7-12-34(20-37)43-19-16-42(29-46(43)51-73-49(30-8-3-1-4-9-30)72-50(74-51)31-10-5-2-6-11-31)75-47-25-32(35-21-38(53(60,61)62)27-39(22-35)54(63,64)65)14-17-44(47)45-18-15-33(26-48(45)75)36-23-40(55(66,67)68)28-41(24-36)56(69,70)71/h1-29H. The van der Waals surface area contributed by atoms with Gasteiger partial charge in [0.2, 0.25) is 0 Å². The summed E-state index contributed by atoms with van der Waals surface area (Å²) in [6, 6.07) is 35.6. The highest BCUT2D eigenvalue weighted by Crippen LogP contribution is 2.45. The lowest BCUT2D eigenvalue weighted by Gasteiger charge is -2.17. The van der Waals surface area contributed by atoms with Crippen LogP contribution >= 0.6 is 0 Å². The van der Waals surface area contributed by atoms with Crippen molar-refractivity contribution in [3.8, 4) is 73.2 Å². The Bertz CT molecular complexity index is 3560. The van der Waals surface area contributed by atoms with Gasteiger partial charge in [0.1, 0.15) is 0 Å². The molecule has 75 heavy (non-hydrogen) atoms. The van der Waals surface area contributed by atoms with Crippen molar-refractivity contribution < 1.29 is 65.9 Å². The van der Waals surface area contributed by atoms with Gasteiger partial charge in [-0.15, -0.1) is 0 Å². The molecule has 0 unspecified atom stereocenters. The molecule has 378 valence electrons. The molecule has 10 rings (SSSR count). The van der Waals surface area contributed by atoms with Crippen LogP contribution in [0, 0.1) is 0 Å². The molecule has 0 aliphatic carbocycles. The number of benzene rings is 8. The number of nitrogens with zero attached hydrogens (tertiary/aromatic N) is 4. The van der Waals surface area contributed by atoms with Crippen LogP contribution in [0.4, 0.5) is 65.9 Å². The van der Waals surface area contributed by atoms with Gasteiger partial charge >= 0.3 is 30.9 Å². The third-order valence-electron chi connectivity index (χ3n) is 12.3. The Labute approximate surface area is 414 Å². The average molecular weight is 1040 g/mol. The predicted molar refractivity (Wildman–Crippen MR) is 252 cm³/mol. The second-order valence-electron chi connectivity index (χ2n) is 17.2. The van der Waals surface area contributed by atoms with Crippen molar-refractivity contribution in [3.63, 3.8) is 0 Å². The summed E-state index contributed by atoms with van der Waals surface area (Å²) in [6.45, 7) is 0. The molecular weight excluding hydrogens is 1010 g/mol. The third kappa shape index (κ3) is 10.0. The van der Waals surface area contributed by atoms with Crippen molar-refractivity contribution in [2.45, 2.75) is 30.9 Å². The first-order chi connectivity index (χ1) is 35.3. The minimum Gasteiger partial charge on any atom is -0.309 e. The van der Waals surface area contributed by atoms with Gasteiger partial charge in [-0.25, -0.2) is 15.0 Å². The minimum atomic E-state index is -5.23. The lowest BCUT2D eigenvalue weighted by Crippen LogP contribution is -2.11. The number of aromatic nitrogens is 4. The first-order valence-electron chi connectivity index (χ1n) is 22.2. The van der Waals surface area contributed by atoms with E-state index in [4.69, 9.17) is 15.0 Å². The molecule has 0 saturated heterocycles. The molecule has 0 spiro atoms. The molecule has 0 N–H and O–H groups in total. The molecule has 0 aliphatic heterocycles. The maximum absolute atomic E-state index is 14.3. The van der Waals surface area contributed by atoms with Gasteiger partial charge in [-0.05, 0) is 106 Å². The Morgan fingerprint density at radius 1 is 0.267 bits per heavy atom. The second kappa shape index (κ2) is 18.2. The van der Waals surface area contributed by atoms with E-state index in [-0.39, 0.29) is 84.9 Å². The summed E-state index contributed by atoms with van der Waals surface area (Å²) in [5, 5.41) is 0.537. The van der Waals surface area contributed by atoms with Crippen LogP contribution in [0.5, 0.6) is 0 Å². The predicted octanol–water partition coefficient (Wildman–Crippen LogP) is 18.1. The highest BCUT2D eigenvalue weighted by atomic mass is 19.4. The van der Waals surface area contributed by atoms with Crippen molar-refractivity contribution in [1.82, 2.24) is 19.5 Å². The van der Waals surface area contributed by atoms with Gasteiger partial charge in [0, 0.05) is 33.2 Å². The van der Waals surface area contributed by atoms with E-state index in [1.165, 1.54) is 71.3 Å². The van der Waals surface area contributed by atoms with E-state index in [1.807, 2.05) is 0 Å². The maximum Gasteiger partial charge on any atom is 0.416 e. The summed E-state index contributed by atoms with van der Waals surface area (Å²) in [7, 11) is 0. The van der Waals surface area contributed by atoms with Crippen molar-refractivity contribution in [2.24, 2.45) is 0 Å². The number of alkyl halides is 15. The van der Waals surface area contributed by atoms with Crippen LogP contribution in [0.2, 0.25) is 0 Å². The molecule has 0 radical (unpaired) electrons. The van der Waals surface area contributed by atoms with E-state index in [1.54, 1.807) is 60.7 Å². The highest BCUT2D eigenvalue weighted by Gasteiger charge is 2.39. The first-order valence-corrected chi connectivity index (χ1v) is 22.2. The summed E-state index contributed by atoms with van der Waals surface area (Å²) >= 11 is 0. The zero-order valence-corrected chi connectivity index (χ0v) is 37.7. The van der Waals surface area contributed by atoms with Crippen LogP contribution in [-0.2, 0) is 30.9 Å². The van der Waals surface area contributed by atoms with Gasteiger partial charge in [-0.2, -0.15) is 65.9 Å². The summed E-state index contributed by atoms with van der Waals surface area (Å²) in [5.41, 5.74) is -7.44. The first kappa shape index (κ1) is 50.1. The smallest absolute Gasteiger partial charge is 0.309 e. The largest absolute Gasteiger partial charge is 0.416 e. The Morgan fingerprint density at radius 2 is 0.653 bits per heavy atom. The Morgan fingerprint density at radius 3 is 1.07 bits per heavy atom. The second-order valence-corrected chi connectivity index (χ2v) is 17.2. The van der Waals surface area contributed by atoms with E-state index >= 15 is 0 Å². The lowest BCUT2D eigenvalue weighted by atomic mass is 9.96. The number of hydrogen-bond donors (Lipinski definition) is 0. The normalized spacial score (nSPS) is 12.7. The SMILES string of the molecule is FC(F)(F)c1cccc(-c2ccc(-n3c4cc(-c5cc(C(F)(F)F)cc(C(F)(F)F)c5)ccc4c4ccc(-c5cc(C(F)(F)F)cc(C(F)(F)F)c5)cc43)cc2-c2nc(-c3ccccc3)nc(-c3ccccc3)n2)c1. The van der Waals surface area contributed by atoms with Crippen LogP contribution in [0.15, 0.2) is 176 Å². The van der Waals surface area contributed by atoms with Crippen LogP contribution in [0.3, 0.4) is 0 Å². The maximum atomic E-state index is 14.3. The van der Waals surface area contributed by atoms with Crippen LogP contribution in [0.1, 0.15) is 27.8 Å². The fourth-order valence-electron chi connectivity index (χ4n) is 8.80. The fraction of sp³-hybridized carbons (Fsp3) is 0.0893. The molecule has 10 aromatic rings. The van der Waals surface area contributed by atoms with Crippen molar-refractivity contribution >= 4 is 21.8 Å². The Balaban J connectivity index is 1.30. The van der Waals surface area contributed by atoms with Crippen LogP contribution < -0.4 is 0 Å². The number of hydrogen-bond acceptors (Lipinski definition) is 3. The molecule has 0 saturated carbocycles. The molecule has 0 bridgehead atoms. The summed E-state index contributed by atoms with van der Waals surface area (Å²) < 4.78 is 214. The molecule has 4 nitrogen and oxygen atoms in total. The van der Waals surface area contributed by atoms with Gasteiger partial charge in [0.15, 0.2) is 17.5 Å². The quantitative estimate of drug-likeness (QED) is 0.149. The number of rotatable bonds is 7. The van der Waals surface area contributed by atoms with Gasteiger partial charge in [0.05, 0.1) is 38.9 Å². The molecule has 2 heterocycles. The van der Waals surface area contributed by atoms with E-state index < -0.39 is 69.8 Å². The summed E-state index contributed by atoms with van der Waals surface area (Å²) in [5.74, 6) is 0.167. The van der Waals surface area contributed by atoms with Crippen LogP contribution in [0.25, 0.3) is 95.0 Å². The zero-order chi connectivity index (χ0) is 53.4. The van der Waals surface area contributed by atoms with Crippen molar-refractivity contribution in [2.75, 3.05) is 0 Å². The van der Waals surface area contributed by atoms with E-state index in [9.17, 15) is 65.9 Å². The molecule has 19 heteroatoms. The van der Waals surface area contributed by atoms with E-state index in [0.717, 1.165) is 12.1 Å². The van der Waals surface area contributed by atoms with Gasteiger partial charge < -0.3 is 4.57 Å². The van der Waals surface area contributed by atoms with Crippen molar-refractivity contribution in [3.05, 3.63) is 204 Å². The lowest BCUT2D eigenvalue weighted by molar-refractivity contribution is -0.144. The summed E-state index contributed by atoms with van der Waals surface area (Å²) in [4.78, 5) is 14.3. The number of fused-ring (bicyclic) bond motifs is 3. The monoisotopic (exact) mass is 1040 g/mol. The molecule has 2 aromatic heterocycles. The number of halogens is 15. The van der Waals surface area contributed by atoms with Crippen molar-refractivity contribution in [1.29, 1.82) is 0 Å². The van der Waals surface area contributed by atoms with E-state index in [2.05, 4.69) is 0 Å². The van der Waals surface area contributed by atoms with Gasteiger partial charge in [-0.1, -0.05) is 103 Å². The topological polar surface area (TPSA) is 43.6 Å². The molecule has 0 aliphatic rings. The Hall–Kier alpha value is -8.48. The average Bonchev–Trinajstić information content (AvgIpc) is 3.70. The van der Waals surface area contributed by atoms with Gasteiger partial charge in [0.25, 0.3) is 0 Å². The Kier molecular flexibility index (Phi) is 12.1. The van der Waals surface area contributed by atoms with Crippen LogP contribution in [-0.4, -0.2) is 19.5 Å². The third-order valence-corrected chi connectivity index (χ3v) is 12.3. The molecule has 0 amide bonds. The van der Waals surface area contributed by atoms with Gasteiger partial charge in [-0.3, -0.25) is 0 Å². The molecular formula is C56H29F15N4. The fourth-order valence-corrected chi connectivity index (χ4v) is 8.80. The zero-order valence-electron chi connectivity index (χ0n) is 37.7. The van der Waals surface area contributed by atoms with E-state index in [0.29, 0.717) is 35.4 Å². The molecule has 8 aromatic carbocycles.